The summed E-state index contributed by atoms with van der Waals surface area (Å²) in [5, 5.41) is 22.6. The zero-order valence-electron chi connectivity index (χ0n) is 10.5. The normalized spacial score (nSPS) is 23.0. The van der Waals surface area contributed by atoms with Crippen LogP contribution in [0.15, 0.2) is 12.1 Å². The largest absolute Gasteiger partial charge is 0.396 e. The van der Waals surface area contributed by atoms with Crippen molar-refractivity contribution in [2.45, 2.75) is 31.7 Å². The molecule has 0 aromatic carbocycles. The second kappa shape index (κ2) is 5.83. The summed E-state index contributed by atoms with van der Waals surface area (Å²) in [7, 11) is 0. The van der Waals surface area contributed by atoms with E-state index in [1.807, 2.05) is 0 Å². The maximum absolute atomic E-state index is 12.0. The van der Waals surface area contributed by atoms with Crippen LogP contribution in [0.5, 0.6) is 0 Å². The third-order valence-electron chi connectivity index (χ3n) is 3.57. The number of nitrogens with zero attached hydrogens (tertiary/aromatic N) is 1. The van der Waals surface area contributed by atoms with E-state index in [1.165, 1.54) is 12.1 Å². The molecule has 104 valence electrons. The topological polar surface area (TPSA) is 108 Å². The fourth-order valence-corrected chi connectivity index (χ4v) is 2.48. The molecule has 0 spiro atoms. The van der Waals surface area contributed by atoms with Crippen molar-refractivity contribution in [3.05, 3.63) is 27.9 Å². The molecule has 0 saturated heterocycles. The van der Waals surface area contributed by atoms with Crippen LogP contribution in [0, 0.1) is 16.0 Å². The molecule has 0 aliphatic heterocycles. The summed E-state index contributed by atoms with van der Waals surface area (Å²) in [6.07, 6.45) is 3.81. The highest BCUT2D eigenvalue weighted by molar-refractivity contribution is 5.93. The molecular weight excluding hydrogens is 250 g/mol. The van der Waals surface area contributed by atoms with Gasteiger partial charge in [-0.1, -0.05) is 12.8 Å². The van der Waals surface area contributed by atoms with Crippen molar-refractivity contribution >= 4 is 11.7 Å². The third kappa shape index (κ3) is 3.11. The summed E-state index contributed by atoms with van der Waals surface area (Å²) in [6.45, 7) is 0.0514. The number of aliphatic hydroxyl groups is 1. The molecule has 0 bridgehead atoms. The van der Waals surface area contributed by atoms with E-state index in [0.717, 1.165) is 25.7 Å². The summed E-state index contributed by atoms with van der Waals surface area (Å²) < 4.78 is 0. The number of carbonyl (C=O) groups excluding carboxylic acids is 1. The Balaban J connectivity index is 2.01. The van der Waals surface area contributed by atoms with Crippen LogP contribution in [0.25, 0.3) is 0 Å². The minimum atomic E-state index is -0.575. The van der Waals surface area contributed by atoms with Gasteiger partial charge < -0.3 is 20.5 Å². The quantitative estimate of drug-likeness (QED) is 0.562. The first-order chi connectivity index (χ1) is 9.11. The van der Waals surface area contributed by atoms with Gasteiger partial charge in [0.25, 0.3) is 5.91 Å². The first-order valence-electron chi connectivity index (χ1n) is 6.37. The van der Waals surface area contributed by atoms with Crippen molar-refractivity contribution in [1.29, 1.82) is 0 Å². The van der Waals surface area contributed by atoms with Crippen LogP contribution in [-0.2, 0) is 0 Å². The monoisotopic (exact) mass is 267 g/mol. The van der Waals surface area contributed by atoms with E-state index in [2.05, 4.69) is 10.3 Å². The number of aliphatic hydroxyl groups excluding tert-OH is 1. The summed E-state index contributed by atoms with van der Waals surface area (Å²) >= 11 is 0. The molecule has 1 aromatic heterocycles. The number of aromatic amines is 1. The summed E-state index contributed by atoms with van der Waals surface area (Å²) in [5.74, 6) is -0.492. The standard InChI is InChI=1S/C12H17N3O4/c16-7-8-3-1-2-4-9(8)14-12(17)10-5-6-11(13-10)15(18)19/h5-6,8-9,13,16H,1-4,7H2,(H,14,17). The van der Waals surface area contributed by atoms with Gasteiger partial charge in [0, 0.05) is 24.6 Å². The van der Waals surface area contributed by atoms with Gasteiger partial charge in [-0.15, -0.1) is 0 Å². The number of amides is 1. The predicted octanol–water partition coefficient (Wildman–Crippen LogP) is 1.20. The van der Waals surface area contributed by atoms with E-state index >= 15 is 0 Å². The summed E-state index contributed by atoms with van der Waals surface area (Å²) in [5.41, 5.74) is 0.175. The van der Waals surface area contributed by atoms with Crippen LogP contribution >= 0.6 is 0 Å². The highest BCUT2D eigenvalue weighted by atomic mass is 16.6. The van der Waals surface area contributed by atoms with Gasteiger partial charge in [-0.25, -0.2) is 4.98 Å². The van der Waals surface area contributed by atoms with Gasteiger partial charge in [-0.2, -0.15) is 0 Å². The van der Waals surface area contributed by atoms with Crippen molar-refractivity contribution in [3.63, 3.8) is 0 Å². The number of H-pyrrole nitrogens is 1. The molecule has 1 heterocycles. The number of carbonyl (C=O) groups is 1. The molecule has 1 aliphatic rings. The first kappa shape index (κ1) is 13.5. The molecule has 7 nitrogen and oxygen atoms in total. The molecular formula is C12H17N3O4. The van der Waals surface area contributed by atoms with Crippen molar-refractivity contribution in [3.8, 4) is 0 Å². The Morgan fingerprint density at radius 3 is 2.84 bits per heavy atom. The van der Waals surface area contributed by atoms with Gasteiger partial charge in [0.2, 0.25) is 0 Å². The Kier molecular flexibility index (Phi) is 4.16. The Hall–Kier alpha value is -1.89. The van der Waals surface area contributed by atoms with Crippen LogP contribution in [0.4, 0.5) is 5.82 Å². The molecule has 2 rings (SSSR count). The van der Waals surface area contributed by atoms with E-state index in [4.69, 9.17) is 0 Å². The van der Waals surface area contributed by atoms with E-state index in [9.17, 15) is 20.0 Å². The maximum Gasteiger partial charge on any atom is 0.321 e. The predicted molar refractivity (Wildman–Crippen MR) is 67.7 cm³/mol. The molecule has 19 heavy (non-hydrogen) atoms. The lowest BCUT2D eigenvalue weighted by atomic mass is 9.85. The number of hydrogen-bond acceptors (Lipinski definition) is 4. The van der Waals surface area contributed by atoms with Crippen LogP contribution < -0.4 is 5.32 Å². The Morgan fingerprint density at radius 1 is 1.47 bits per heavy atom. The van der Waals surface area contributed by atoms with Gasteiger partial charge in [0.05, 0.1) is 0 Å². The zero-order valence-corrected chi connectivity index (χ0v) is 10.5. The number of aromatic nitrogens is 1. The molecule has 1 amide bonds. The van der Waals surface area contributed by atoms with Gasteiger partial charge in [0.1, 0.15) is 0 Å². The molecule has 1 aromatic rings. The van der Waals surface area contributed by atoms with E-state index in [0.29, 0.717) is 0 Å². The second-order valence-corrected chi connectivity index (χ2v) is 4.82. The van der Waals surface area contributed by atoms with Crippen molar-refractivity contribution in [2.75, 3.05) is 6.61 Å². The van der Waals surface area contributed by atoms with E-state index in [-0.39, 0.29) is 36.0 Å². The average Bonchev–Trinajstić information content (AvgIpc) is 2.89. The lowest BCUT2D eigenvalue weighted by molar-refractivity contribution is -0.389. The smallest absolute Gasteiger partial charge is 0.321 e. The third-order valence-corrected chi connectivity index (χ3v) is 3.57. The summed E-state index contributed by atoms with van der Waals surface area (Å²) in [6, 6.07) is 2.59. The fraction of sp³-hybridized carbons (Fsp3) is 0.583. The Labute approximate surface area is 110 Å². The fourth-order valence-electron chi connectivity index (χ4n) is 2.48. The Morgan fingerprint density at radius 2 is 2.21 bits per heavy atom. The van der Waals surface area contributed by atoms with Gasteiger partial charge in [-0.05, 0) is 23.8 Å². The van der Waals surface area contributed by atoms with Crippen LogP contribution in [0.1, 0.15) is 36.2 Å². The zero-order chi connectivity index (χ0) is 13.8. The molecule has 1 aliphatic carbocycles. The SMILES string of the molecule is O=C(NC1CCCCC1CO)c1ccc([N+](=O)[O-])[nH]1. The second-order valence-electron chi connectivity index (χ2n) is 4.82. The maximum atomic E-state index is 12.0. The van der Waals surface area contributed by atoms with Gasteiger partial charge in [0.15, 0.2) is 5.69 Å². The number of rotatable bonds is 4. The van der Waals surface area contributed by atoms with Crippen LogP contribution in [0.3, 0.4) is 0 Å². The highest BCUT2D eigenvalue weighted by Gasteiger charge is 2.27. The lowest BCUT2D eigenvalue weighted by Crippen LogP contribution is -2.43. The van der Waals surface area contributed by atoms with Crippen LogP contribution in [-0.4, -0.2) is 33.6 Å². The molecule has 0 radical (unpaired) electrons. The van der Waals surface area contributed by atoms with Crippen LogP contribution in [0.2, 0.25) is 0 Å². The number of nitrogens with one attached hydrogen (secondary N) is 2. The van der Waals surface area contributed by atoms with E-state index < -0.39 is 4.92 Å². The molecule has 2 unspecified atom stereocenters. The van der Waals surface area contributed by atoms with E-state index in [1.54, 1.807) is 0 Å². The lowest BCUT2D eigenvalue weighted by Gasteiger charge is -2.30. The average molecular weight is 267 g/mol. The first-order valence-corrected chi connectivity index (χ1v) is 6.37. The minimum absolute atomic E-state index is 0.0514. The number of nitro groups is 1. The minimum Gasteiger partial charge on any atom is -0.396 e. The summed E-state index contributed by atoms with van der Waals surface area (Å²) in [4.78, 5) is 24.4. The molecule has 3 N–H and O–H groups in total. The van der Waals surface area contributed by atoms with Crippen molar-refractivity contribution < 1.29 is 14.8 Å². The Bertz CT molecular complexity index is 471. The molecule has 2 atom stereocenters. The molecule has 7 heteroatoms. The number of hydrogen-bond donors (Lipinski definition) is 3. The molecule has 1 fully saturated rings. The van der Waals surface area contributed by atoms with Crippen molar-refractivity contribution in [1.82, 2.24) is 10.3 Å². The molecule has 1 saturated carbocycles. The highest BCUT2D eigenvalue weighted by Crippen LogP contribution is 2.24. The van der Waals surface area contributed by atoms with Crippen molar-refractivity contribution in [2.24, 2.45) is 5.92 Å². The van der Waals surface area contributed by atoms with Gasteiger partial charge >= 0.3 is 5.82 Å². The van der Waals surface area contributed by atoms with Gasteiger partial charge in [-0.3, -0.25) is 4.79 Å².